The summed E-state index contributed by atoms with van der Waals surface area (Å²) in [5, 5.41) is 11.8. The molecule has 0 aromatic heterocycles. The molecule has 1 heterocycles. The van der Waals surface area contributed by atoms with E-state index in [9.17, 15) is 4.79 Å². The zero-order valence-electron chi connectivity index (χ0n) is 10.7. The molecule has 0 radical (unpaired) electrons. The first-order valence-corrected chi connectivity index (χ1v) is 6.00. The first-order chi connectivity index (χ1) is 8.14. The van der Waals surface area contributed by atoms with Crippen LogP contribution in [0.1, 0.15) is 19.8 Å². The number of amides is 1. The zero-order valence-corrected chi connectivity index (χ0v) is 10.7. The highest BCUT2D eigenvalue weighted by Crippen LogP contribution is 2.27. The van der Waals surface area contributed by atoms with Crippen LogP contribution in [0.15, 0.2) is 0 Å². The van der Waals surface area contributed by atoms with Crippen molar-refractivity contribution < 1.29 is 9.53 Å². The van der Waals surface area contributed by atoms with Crippen LogP contribution in [0.5, 0.6) is 0 Å². The first kappa shape index (κ1) is 13.9. The summed E-state index contributed by atoms with van der Waals surface area (Å²) in [5.41, 5.74) is -0.316. The summed E-state index contributed by atoms with van der Waals surface area (Å²) in [6.45, 7) is 5.17. The van der Waals surface area contributed by atoms with Gasteiger partial charge in [-0.2, -0.15) is 5.26 Å². The number of hydrogen-bond acceptors (Lipinski definition) is 4. The van der Waals surface area contributed by atoms with Gasteiger partial charge in [-0.05, 0) is 19.9 Å². The minimum Gasteiger partial charge on any atom is -0.383 e. The lowest BCUT2D eigenvalue weighted by Gasteiger charge is -2.30. The molecule has 0 aromatic rings. The van der Waals surface area contributed by atoms with Crippen molar-refractivity contribution in [2.24, 2.45) is 5.41 Å². The summed E-state index contributed by atoms with van der Waals surface area (Å²) >= 11 is 0. The number of methoxy groups -OCH3 is 1. The maximum absolute atomic E-state index is 12.4. The van der Waals surface area contributed by atoms with Crippen LogP contribution in [0.3, 0.4) is 0 Å². The van der Waals surface area contributed by atoms with Crippen LogP contribution < -0.4 is 5.32 Å². The van der Waals surface area contributed by atoms with Gasteiger partial charge in [0.2, 0.25) is 5.91 Å². The van der Waals surface area contributed by atoms with Gasteiger partial charge in [0, 0.05) is 26.7 Å². The fourth-order valence-electron chi connectivity index (χ4n) is 2.08. The Hall–Kier alpha value is -1.12. The standard InChI is InChI=1S/C12H21N3O2/c1-12(4-6-14-10-12)11(16)15(7-3-5-13)8-9-17-2/h14H,3-4,6-10H2,1-2H3. The Labute approximate surface area is 103 Å². The van der Waals surface area contributed by atoms with E-state index in [1.807, 2.05) is 6.92 Å². The monoisotopic (exact) mass is 239 g/mol. The second-order valence-electron chi connectivity index (χ2n) is 4.68. The van der Waals surface area contributed by atoms with E-state index in [1.54, 1.807) is 12.0 Å². The number of carbonyl (C=O) groups is 1. The van der Waals surface area contributed by atoms with E-state index in [-0.39, 0.29) is 11.3 Å². The quantitative estimate of drug-likeness (QED) is 0.727. The van der Waals surface area contributed by atoms with Crippen molar-refractivity contribution in [3.63, 3.8) is 0 Å². The summed E-state index contributed by atoms with van der Waals surface area (Å²) in [6, 6.07) is 2.08. The molecule has 1 aliphatic heterocycles. The Morgan fingerprint density at radius 3 is 2.88 bits per heavy atom. The minimum atomic E-state index is -0.316. The van der Waals surface area contributed by atoms with Crippen molar-refractivity contribution in [1.82, 2.24) is 10.2 Å². The third kappa shape index (κ3) is 3.69. The predicted molar refractivity (Wildman–Crippen MR) is 64.3 cm³/mol. The molecule has 1 N–H and O–H groups in total. The Balaban J connectivity index is 2.61. The summed E-state index contributed by atoms with van der Waals surface area (Å²) in [7, 11) is 1.62. The van der Waals surface area contributed by atoms with Gasteiger partial charge in [-0.25, -0.2) is 0 Å². The number of ether oxygens (including phenoxy) is 1. The highest BCUT2D eigenvalue weighted by atomic mass is 16.5. The summed E-state index contributed by atoms with van der Waals surface area (Å²) < 4.78 is 5.01. The van der Waals surface area contributed by atoms with Crippen LogP contribution in [-0.4, -0.2) is 50.7 Å². The van der Waals surface area contributed by atoms with Crippen molar-refractivity contribution in [2.75, 3.05) is 39.9 Å². The van der Waals surface area contributed by atoms with Gasteiger partial charge in [0.25, 0.3) is 0 Å². The van der Waals surface area contributed by atoms with Crippen LogP contribution in [0, 0.1) is 16.7 Å². The molecule has 5 nitrogen and oxygen atoms in total. The Bertz CT molecular complexity index is 293. The van der Waals surface area contributed by atoms with Crippen LogP contribution in [-0.2, 0) is 9.53 Å². The summed E-state index contributed by atoms with van der Waals surface area (Å²) in [5.74, 6) is 0.134. The molecule has 1 fully saturated rings. The largest absolute Gasteiger partial charge is 0.383 e. The van der Waals surface area contributed by atoms with Gasteiger partial charge in [-0.15, -0.1) is 0 Å². The summed E-state index contributed by atoms with van der Waals surface area (Å²) in [4.78, 5) is 14.1. The Morgan fingerprint density at radius 1 is 1.59 bits per heavy atom. The molecule has 96 valence electrons. The minimum absolute atomic E-state index is 0.134. The molecule has 17 heavy (non-hydrogen) atoms. The van der Waals surface area contributed by atoms with Gasteiger partial charge in [-0.3, -0.25) is 4.79 Å². The molecule has 0 bridgehead atoms. The van der Waals surface area contributed by atoms with E-state index >= 15 is 0 Å². The first-order valence-electron chi connectivity index (χ1n) is 6.00. The number of nitrogens with one attached hydrogen (secondary N) is 1. The van der Waals surface area contributed by atoms with Gasteiger partial charge >= 0.3 is 0 Å². The van der Waals surface area contributed by atoms with Crippen molar-refractivity contribution in [3.05, 3.63) is 0 Å². The normalized spacial score (nSPS) is 23.4. The topological polar surface area (TPSA) is 65.4 Å². The highest BCUT2D eigenvalue weighted by molar-refractivity contribution is 5.83. The van der Waals surface area contributed by atoms with Gasteiger partial charge in [0.15, 0.2) is 0 Å². The maximum Gasteiger partial charge on any atom is 0.229 e. The fourth-order valence-corrected chi connectivity index (χ4v) is 2.08. The van der Waals surface area contributed by atoms with E-state index in [4.69, 9.17) is 10.00 Å². The van der Waals surface area contributed by atoms with E-state index in [0.29, 0.717) is 26.1 Å². The van der Waals surface area contributed by atoms with E-state index in [2.05, 4.69) is 11.4 Å². The van der Waals surface area contributed by atoms with Gasteiger partial charge in [-0.1, -0.05) is 0 Å². The van der Waals surface area contributed by atoms with Crippen molar-refractivity contribution in [2.45, 2.75) is 19.8 Å². The molecular weight excluding hydrogens is 218 g/mol. The predicted octanol–water partition coefficient (Wildman–Crippen LogP) is 0.375. The summed E-state index contributed by atoms with van der Waals surface area (Å²) in [6.07, 6.45) is 1.24. The number of nitriles is 1. The second kappa shape index (κ2) is 6.58. The lowest BCUT2D eigenvalue weighted by Crippen LogP contribution is -2.45. The van der Waals surface area contributed by atoms with E-state index in [0.717, 1.165) is 19.5 Å². The molecule has 0 spiro atoms. The molecule has 0 aromatic carbocycles. The Kier molecular flexibility index (Phi) is 5.39. The molecule has 1 unspecified atom stereocenters. The number of carbonyl (C=O) groups excluding carboxylic acids is 1. The van der Waals surface area contributed by atoms with Crippen LogP contribution in [0.2, 0.25) is 0 Å². The second-order valence-corrected chi connectivity index (χ2v) is 4.68. The molecule has 1 atom stereocenters. The van der Waals surface area contributed by atoms with Gasteiger partial charge in [0.1, 0.15) is 0 Å². The molecular formula is C12H21N3O2. The van der Waals surface area contributed by atoms with Crippen LogP contribution in [0.25, 0.3) is 0 Å². The molecule has 1 aliphatic rings. The fraction of sp³-hybridized carbons (Fsp3) is 0.833. The SMILES string of the molecule is COCCN(CCC#N)C(=O)C1(C)CCNC1. The average molecular weight is 239 g/mol. The molecule has 0 saturated carbocycles. The average Bonchev–Trinajstić information content (AvgIpc) is 2.77. The molecule has 1 amide bonds. The molecule has 1 saturated heterocycles. The number of rotatable bonds is 6. The van der Waals surface area contributed by atoms with E-state index in [1.165, 1.54) is 0 Å². The van der Waals surface area contributed by atoms with Crippen LogP contribution in [0.4, 0.5) is 0 Å². The molecule has 0 aliphatic carbocycles. The maximum atomic E-state index is 12.4. The third-order valence-electron chi connectivity index (χ3n) is 3.23. The smallest absolute Gasteiger partial charge is 0.229 e. The molecule has 5 heteroatoms. The third-order valence-corrected chi connectivity index (χ3v) is 3.23. The van der Waals surface area contributed by atoms with Gasteiger partial charge < -0.3 is 15.0 Å². The Morgan fingerprint density at radius 2 is 2.35 bits per heavy atom. The number of hydrogen-bond donors (Lipinski definition) is 1. The lowest BCUT2D eigenvalue weighted by molar-refractivity contribution is -0.140. The van der Waals surface area contributed by atoms with Crippen LogP contribution >= 0.6 is 0 Å². The van der Waals surface area contributed by atoms with Crippen molar-refractivity contribution >= 4 is 5.91 Å². The number of nitrogens with zero attached hydrogens (tertiary/aromatic N) is 2. The molecule has 1 rings (SSSR count). The van der Waals surface area contributed by atoms with Crippen molar-refractivity contribution in [1.29, 1.82) is 5.26 Å². The lowest BCUT2D eigenvalue weighted by atomic mass is 9.88. The van der Waals surface area contributed by atoms with Gasteiger partial charge in [0.05, 0.1) is 24.5 Å². The van der Waals surface area contributed by atoms with Crippen molar-refractivity contribution in [3.8, 4) is 6.07 Å². The zero-order chi connectivity index (χ0) is 12.7. The highest BCUT2D eigenvalue weighted by Gasteiger charge is 2.38. The van der Waals surface area contributed by atoms with E-state index < -0.39 is 0 Å².